The van der Waals surface area contributed by atoms with E-state index in [9.17, 15) is 15.0 Å². The molecule has 142 valence electrons. The first kappa shape index (κ1) is 20.2. The fraction of sp³-hybridized carbons (Fsp3) is 0.762. The molecule has 0 saturated heterocycles. The minimum absolute atomic E-state index is 0.0369. The molecule has 1 heterocycles. The highest BCUT2D eigenvalue weighted by atomic mass is 16.5. The molecule has 0 spiro atoms. The zero-order valence-corrected chi connectivity index (χ0v) is 15.7. The van der Waals surface area contributed by atoms with E-state index in [4.69, 9.17) is 4.74 Å². The number of unbranched alkanes of at least 4 members (excludes halogenated alkanes) is 2. The largest absolute Gasteiger partial charge is 0.462 e. The summed E-state index contributed by atoms with van der Waals surface area (Å²) in [6.07, 6.45) is 14.6. The van der Waals surface area contributed by atoms with Gasteiger partial charge < -0.3 is 14.9 Å². The van der Waals surface area contributed by atoms with Gasteiger partial charge in [0.05, 0.1) is 11.7 Å². The maximum absolute atomic E-state index is 12.0. The van der Waals surface area contributed by atoms with Crippen molar-refractivity contribution in [3.05, 3.63) is 24.3 Å². The summed E-state index contributed by atoms with van der Waals surface area (Å²) in [4.78, 5) is 12.0. The lowest BCUT2D eigenvalue weighted by Gasteiger charge is -2.24. The number of aliphatic hydroxyl groups is 2. The van der Waals surface area contributed by atoms with Crippen LogP contribution in [0.4, 0.5) is 0 Å². The highest BCUT2D eigenvalue weighted by molar-refractivity contribution is 5.69. The quantitative estimate of drug-likeness (QED) is 0.433. The van der Waals surface area contributed by atoms with Crippen molar-refractivity contribution in [2.24, 2.45) is 11.8 Å². The number of ether oxygens (including phenoxy) is 1. The van der Waals surface area contributed by atoms with E-state index in [0.29, 0.717) is 12.8 Å². The molecule has 2 aliphatic rings. The van der Waals surface area contributed by atoms with Crippen molar-refractivity contribution >= 4 is 5.97 Å². The molecule has 4 nitrogen and oxygen atoms in total. The molecule has 0 aromatic carbocycles. The first-order valence-corrected chi connectivity index (χ1v) is 9.87. The summed E-state index contributed by atoms with van der Waals surface area (Å²) in [5.74, 6) is -0.185. The molecule has 2 rings (SSSR count). The molecule has 4 heteroatoms. The molecule has 0 aromatic heterocycles. The van der Waals surface area contributed by atoms with E-state index in [-0.39, 0.29) is 23.9 Å². The molecule has 0 radical (unpaired) electrons. The van der Waals surface area contributed by atoms with Gasteiger partial charge in [0.15, 0.2) is 0 Å². The second-order valence-electron chi connectivity index (χ2n) is 7.85. The van der Waals surface area contributed by atoms with Crippen molar-refractivity contribution in [1.29, 1.82) is 0 Å². The number of rotatable bonds is 6. The number of fused-ring (bicyclic) bond motifs is 2. The minimum Gasteiger partial charge on any atom is -0.462 e. The van der Waals surface area contributed by atoms with Crippen LogP contribution >= 0.6 is 0 Å². The van der Waals surface area contributed by atoms with Gasteiger partial charge >= 0.3 is 5.97 Å². The van der Waals surface area contributed by atoms with Crippen molar-refractivity contribution < 1.29 is 19.7 Å². The third kappa shape index (κ3) is 6.27. The Morgan fingerprint density at radius 3 is 2.92 bits per heavy atom. The Kier molecular flexibility index (Phi) is 7.70. The standard InChI is InChI=1S/C21H34O4/c1-3-4-9-13-21(2,24)14-12-17-16-10-7-5-6-8-11-20(23)25-19(17)15-18(16)22/h5,7,12,14,16-19,22,24H,3-4,6,8-11,13,15H2,1-2H3/b7-5-,14-12+/t16-,17-,18+,19-,21+/m1/s1. The van der Waals surface area contributed by atoms with Crippen LogP contribution in [0.2, 0.25) is 0 Å². The van der Waals surface area contributed by atoms with Gasteiger partial charge in [-0.3, -0.25) is 4.79 Å². The van der Waals surface area contributed by atoms with Crippen LogP contribution < -0.4 is 0 Å². The molecule has 2 bridgehead atoms. The molecular weight excluding hydrogens is 316 g/mol. The second kappa shape index (κ2) is 9.54. The predicted molar refractivity (Wildman–Crippen MR) is 99.0 cm³/mol. The van der Waals surface area contributed by atoms with Crippen molar-refractivity contribution in [2.75, 3.05) is 0 Å². The summed E-state index contributed by atoms with van der Waals surface area (Å²) in [5, 5.41) is 21.0. The molecule has 0 amide bonds. The Bertz CT molecular complexity index is 480. The van der Waals surface area contributed by atoms with E-state index >= 15 is 0 Å². The average Bonchev–Trinajstić information content (AvgIpc) is 2.81. The van der Waals surface area contributed by atoms with Crippen LogP contribution in [0.1, 0.15) is 71.6 Å². The monoisotopic (exact) mass is 350 g/mol. The fourth-order valence-corrected chi connectivity index (χ4v) is 3.91. The topological polar surface area (TPSA) is 66.8 Å². The molecule has 1 aliphatic carbocycles. The molecule has 0 unspecified atom stereocenters. The number of allylic oxidation sites excluding steroid dienone is 2. The van der Waals surface area contributed by atoms with Crippen LogP contribution in [-0.4, -0.2) is 34.0 Å². The molecule has 1 saturated carbocycles. The van der Waals surface area contributed by atoms with Crippen molar-refractivity contribution in [3.8, 4) is 0 Å². The average molecular weight is 350 g/mol. The lowest BCUT2D eigenvalue weighted by molar-refractivity contribution is -0.150. The molecule has 25 heavy (non-hydrogen) atoms. The van der Waals surface area contributed by atoms with E-state index in [0.717, 1.165) is 44.9 Å². The number of carbonyl (C=O) groups excluding carboxylic acids is 1. The lowest BCUT2D eigenvalue weighted by atomic mass is 9.88. The second-order valence-corrected chi connectivity index (χ2v) is 7.85. The van der Waals surface area contributed by atoms with Gasteiger partial charge in [-0.2, -0.15) is 0 Å². The SMILES string of the molecule is CCCCC[C@](C)(O)/C=C/[C@@H]1[C@H]2C/C=C\CCCC(=O)O[C@@H]1C[C@@H]2O. The van der Waals surface area contributed by atoms with E-state index in [1.165, 1.54) is 0 Å². The fourth-order valence-electron chi connectivity index (χ4n) is 3.91. The van der Waals surface area contributed by atoms with Crippen LogP contribution in [-0.2, 0) is 9.53 Å². The summed E-state index contributed by atoms with van der Waals surface area (Å²) in [7, 11) is 0. The predicted octanol–water partition coefficient (Wildman–Crippen LogP) is 3.91. The molecular formula is C21H34O4. The maximum atomic E-state index is 12.0. The third-order valence-electron chi connectivity index (χ3n) is 5.47. The van der Waals surface area contributed by atoms with E-state index < -0.39 is 11.7 Å². The molecule has 5 atom stereocenters. The van der Waals surface area contributed by atoms with Crippen LogP contribution in [0.25, 0.3) is 0 Å². The molecule has 0 aromatic rings. The zero-order valence-electron chi connectivity index (χ0n) is 15.7. The molecule has 1 aliphatic heterocycles. The summed E-state index contributed by atoms with van der Waals surface area (Å²) < 4.78 is 5.66. The minimum atomic E-state index is -0.856. The van der Waals surface area contributed by atoms with Gasteiger partial charge in [0, 0.05) is 18.8 Å². The van der Waals surface area contributed by atoms with E-state index in [2.05, 4.69) is 19.1 Å². The van der Waals surface area contributed by atoms with Gasteiger partial charge in [0.2, 0.25) is 0 Å². The first-order valence-electron chi connectivity index (χ1n) is 9.87. The summed E-state index contributed by atoms with van der Waals surface area (Å²) in [6, 6.07) is 0. The van der Waals surface area contributed by atoms with Crippen LogP contribution in [0.5, 0.6) is 0 Å². The highest BCUT2D eigenvalue weighted by Crippen LogP contribution is 2.39. The van der Waals surface area contributed by atoms with Gasteiger partial charge in [-0.1, -0.05) is 50.5 Å². The smallest absolute Gasteiger partial charge is 0.306 e. The number of hydrogen-bond donors (Lipinski definition) is 2. The van der Waals surface area contributed by atoms with Gasteiger partial charge in [-0.05, 0) is 38.5 Å². The zero-order chi connectivity index (χ0) is 18.3. The Morgan fingerprint density at radius 1 is 1.36 bits per heavy atom. The Morgan fingerprint density at radius 2 is 2.16 bits per heavy atom. The Labute approximate surface area is 152 Å². The lowest BCUT2D eigenvalue weighted by Crippen LogP contribution is -2.26. The molecule has 1 fully saturated rings. The maximum Gasteiger partial charge on any atom is 0.306 e. The van der Waals surface area contributed by atoms with Gasteiger partial charge in [-0.15, -0.1) is 0 Å². The first-order chi connectivity index (χ1) is 11.9. The van der Waals surface area contributed by atoms with E-state index in [1.807, 2.05) is 19.1 Å². The molecule has 2 N–H and O–H groups in total. The number of carbonyl (C=O) groups is 1. The van der Waals surface area contributed by atoms with Gasteiger partial charge in [0.25, 0.3) is 0 Å². The summed E-state index contributed by atoms with van der Waals surface area (Å²) >= 11 is 0. The summed E-state index contributed by atoms with van der Waals surface area (Å²) in [6.45, 7) is 3.97. The van der Waals surface area contributed by atoms with E-state index in [1.54, 1.807) is 0 Å². The normalized spacial score (nSPS) is 34.3. The van der Waals surface area contributed by atoms with Gasteiger partial charge in [0.1, 0.15) is 6.10 Å². The third-order valence-corrected chi connectivity index (χ3v) is 5.47. The Balaban J connectivity index is 2.11. The number of hydrogen-bond acceptors (Lipinski definition) is 4. The number of esters is 1. The van der Waals surface area contributed by atoms with Crippen LogP contribution in [0, 0.1) is 11.8 Å². The van der Waals surface area contributed by atoms with Gasteiger partial charge in [-0.25, -0.2) is 0 Å². The van der Waals surface area contributed by atoms with Crippen LogP contribution in [0.15, 0.2) is 24.3 Å². The highest BCUT2D eigenvalue weighted by Gasteiger charge is 2.42. The van der Waals surface area contributed by atoms with Crippen molar-refractivity contribution in [3.63, 3.8) is 0 Å². The summed E-state index contributed by atoms with van der Waals surface area (Å²) in [5.41, 5.74) is -0.856. The van der Waals surface area contributed by atoms with Crippen molar-refractivity contribution in [2.45, 2.75) is 89.4 Å². The van der Waals surface area contributed by atoms with Crippen molar-refractivity contribution in [1.82, 2.24) is 0 Å². The van der Waals surface area contributed by atoms with Crippen LogP contribution in [0.3, 0.4) is 0 Å². The number of aliphatic hydroxyl groups excluding tert-OH is 1. The Hall–Kier alpha value is -1.13.